The van der Waals surface area contributed by atoms with Gasteiger partial charge >= 0.3 is 0 Å². The molecule has 24 heavy (non-hydrogen) atoms. The Morgan fingerprint density at radius 2 is 1.92 bits per heavy atom. The summed E-state index contributed by atoms with van der Waals surface area (Å²) in [5, 5.41) is 6.74. The number of primary sulfonamides is 1. The highest BCUT2D eigenvalue weighted by Gasteiger charge is 2.14. The number of imidazole rings is 1. The van der Waals surface area contributed by atoms with Crippen molar-refractivity contribution in [2.45, 2.75) is 29.3 Å². The van der Waals surface area contributed by atoms with Gasteiger partial charge in [-0.15, -0.1) is 0 Å². The highest BCUT2D eigenvalue weighted by molar-refractivity contribution is 7.98. The fraction of sp³-hybridized carbons (Fsp3) is 0.188. The lowest BCUT2D eigenvalue weighted by atomic mass is 10.2. The Hall–Kier alpha value is -1.54. The quantitative estimate of drug-likeness (QED) is 0.684. The molecule has 0 radical (unpaired) electrons. The lowest BCUT2D eigenvalue weighted by Crippen LogP contribution is -2.11. The van der Waals surface area contributed by atoms with Gasteiger partial charge in [0.1, 0.15) is 0 Å². The third kappa shape index (κ3) is 3.59. The predicted molar refractivity (Wildman–Crippen MR) is 97.8 cm³/mol. The minimum atomic E-state index is -3.73. The molecular formula is C16H16ClN3O2S2. The summed E-state index contributed by atoms with van der Waals surface area (Å²) in [5.74, 6) is 0.753. The number of fused-ring (bicyclic) bond motifs is 1. The summed E-state index contributed by atoms with van der Waals surface area (Å²) in [7, 11) is -3.73. The molecule has 3 rings (SSSR count). The first-order chi connectivity index (χ1) is 11.4. The minimum absolute atomic E-state index is 0.0741. The van der Waals surface area contributed by atoms with Crippen LogP contribution in [0.15, 0.2) is 52.5 Å². The number of hydrogen-bond donors (Lipinski definition) is 1. The van der Waals surface area contributed by atoms with E-state index in [2.05, 4.69) is 9.55 Å². The molecule has 0 spiro atoms. The van der Waals surface area contributed by atoms with Crippen LogP contribution in [-0.2, 0) is 22.3 Å². The molecule has 1 aromatic heterocycles. The number of nitrogens with zero attached hydrogens (tertiary/aromatic N) is 2. The van der Waals surface area contributed by atoms with Crippen molar-refractivity contribution in [3.05, 3.63) is 53.1 Å². The van der Waals surface area contributed by atoms with Crippen molar-refractivity contribution in [1.29, 1.82) is 0 Å². The summed E-state index contributed by atoms with van der Waals surface area (Å²) in [6, 6.07) is 12.5. The molecule has 0 amide bonds. The van der Waals surface area contributed by atoms with E-state index in [0.29, 0.717) is 10.5 Å². The Kier molecular flexibility index (Phi) is 4.87. The van der Waals surface area contributed by atoms with Crippen molar-refractivity contribution in [3.8, 4) is 0 Å². The average molecular weight is 382 g/mol. The van der Waals surface area contributed by atoms with E-state index in [-0.39, 0.29) is 4.90 Å². The van der Waals surface area contributed by atoms with E-state index in [0.717, 1.165) is 28.5 Å². The van der Waals surface area contributed by atoms with Crippen LogP contribution < -0.4 is 5.14 Å². The summed E-state index contributed by atoms with van der Waals surface area (Å²) >= 11 is 7.50. The zero-order chi connectivity index (χ0) is 17.3. The number of nitrogens with two attached hydrogens (primary N) is 1. The second-order valence-corrected chi connectivity index (χ2v) is 8.19. The van der Waals surface area contributed by atoms with Crippen molar-refractivity contribution < 1.29 is 8.42 Å². The van der Waals surface area contributed by atoms with E-state index in [1.54, 1.807) is 17.8 Å². The second kappa shape index (κ2) is 6.76. The third-order valence-corrected chi connectivity index (χ3v) is 5.82. The largest absolute Gasteiger partial charge is 0.319 e. The number of aromatic nitrogens is 2. The van der Waals surface area contributed by atoms with E-state index in [4.69, 9.17) is 16.7 Å². The molecular weight excluding hydrogens is 366 g/mol. The maximum Gasteiger partial charge on any atom is 0.238 e. The summed E-state index contributed by atoms with van der Waals surface area (Å²) in [6.45, 7) is 2.77. The van der Waals surface area contributed by atoms with Crippen molar-refractivity contribution in [2.24, 2.45) is 5.14 Å². The maximum absolute atomic E-state index is 11.5. The van der Waals surface area contributed by atoms with Gasteiger partial charge in [0.15, 0.2) is 5.16 Å². The molecule has 0 fully saturated rings. The number of benzene rings is 2. The van der Waals surface area contributed by atoms with Gasteiger partial charge in [-0.2, -0.15) is 0 Å². The highest BCUT2D eigenvalue weighted by Crippen LogP contribution is 2.28. The van der Waals surface area contributed by atoms with Crippen LogP contribution in [0.1, 0.15) is 12.5 Å². The van der Waals surface area contributed by atoms with Gasteiger partial charge in [-0.1, -0.05) is 35.5 Å². The normalized spacial score (nSPS) is 12.0. The number of halogens is 1. The van der Waals surface area contributed by atoms with Gasteiger partial charge in [-0.05, 0) is 42.8 Å². The van der Waals surface area contributed by atoms with Gasteiger partial charge in [-0.25, -0.2) is 18.5 Å². The average Bonchev–Trinajstić information content (AvgIpc) is 2.90. The van der Waals surface area contributed by atoms with E-state index in [9.17, 15) is 8.42 Å². The molecule has 0 unspecified atom stereocenters. The molecule has 0 saturated heterocycles. The monoisotopic (exact) mass is 381 g/mol. The first-order valence-corrected chi connectivity index (χ1v) is 10.2. The van der Waals surface area contributed by atoms with Crippen LogP contribution in [0, 0.1) is 0 Å². The summed E-state index contributed by atoms with van der Waals surface area (Å²) in [4.78, 5) is 4.64. The van der Waals surface area contributed by atoms with Gasteiger partial charge in [0, 0.05) is 17.3 Å². The molecule has 0 atom stereocenters. The van der Waals surface area contributed by atoms with Crippen molar-refractivity contribution in [3.63, 3.8) is 0 Å². The zero-order valence-electron chi connectivity index (χ0n) is 12.9. The van der Waals surface area contributed by atoms with Gasteiger partial charge in [-0.3, -0.25) is 0 Å². The van der Waals surface area contributed by atoms with Gasteiger partial charge in [0.25, 0.3) is 0 Å². The highest BCUT2D eigenvalue weighted by atomic mass is 35.5. The Bertz CT molecular complexity index is 982. The lowest BCUT2D eigenvalue weighted by Gasteiger charge is -2.06. The summed E-state index contributed by atoms with van der Waals surface area (Å²) < 4.78 is 25.1. The van der Waals surface area contributed by atoms with Crippen LogP contribution in [-0.4, -0.2) is 18.0 Å². The number of aryl methyl sites for hydroxylation is 1. The third-order valence-electron chi connectivity index (χ3n) is 3.61. The van der Waals surface area contributed by atoms with E-state index in [1.165, 1.54) is 12.1 Å². The number of rotatable bonds is 5. The van der Waals surface area contributed by atoms with Crippen LogP contribution in [0.25, 0.3) is 11.0 Å². The van der Waals surface area contributed by atoms with Crippen LogP contribution in [0.3, 0.4) is 0 Å². The topological polar surface area (TPSA) is 78.0 Å². The molecule has 2 aromatic carbocycles. The first-order valence-electron chi connectivity index (χ1n) is 7.29. The molecule has 1 heterocycles. The molecule has 5 nitrogen and oxygen atoms in total. The van der Waals surface area contributed by atoms with Crippen molar-refractivity contribution in [1.82, 2.24) is 9.55 Å². The Labute approximate surface area is 149 Å². The lowest BCUT2D eigenvalue weighted by molar-refractivity contribution is 0.598. The predicted octanol–water partition coefficient (Wildman–Crippen LogP) is 3.65. The van der Waals surface area contributed by atoms with Gasteiger partial charge < -0.3 is 4.57 Å². The van der Waals surface area contributed by atoms with Crippen molar-refractivity contribution >= 4 is 44.4 Å². The molecule has 3 aromatic rings. The SMILES string of the molecule is CCn1c(SCc2ccc(Cl)cc2)nc2cc(S(N)(=O)=O)ccc21. The number of sulfonamides is 1. The molecule has 0 saturated carbocycles. The molecule has 0 aliphatic carbocycles. The van der Waals surface area contributed by atoms with Gasteiger partial charge in [0.2, 0.25) is 10.0 Å². The molecule has 8 heteroatoms. The minimum Gasteiger partial charge on any atom is -0.319 e. The van der Waals surface area contributed by atoms with Crippen LogP contribution in [0.5, 0.6) is 0 Å². The molecule has 0 aliphatic heterocycles. The molecule has 2 N–H and O–H groups in total. The Balaban J connectivity index is 1.93. The molecule has 0 bridgehead atoms. The fourth-order valence-electron chi connectivity index (χ4n) is 2.41. The van der Waals surface area contributed by atoms with Crippen LogP contribution in [0.2, 0.25) is 5.02 Å². The van der Waals surface area contributed by atoms with Crippen LogP contribution in [0.4, 0.5) is 0 Å². The number of thioether (sulfide) groups is 1. The summed E-state index contributed by atoms with van der Waals surface area (Å²) in [5.41, 5.74) is 2.66. The number of hydrogen-bond acceptors (Lipinski definition) is 4. The second-order valence-electron chi connectivity index (χ2n) is 5.25. The van der Waals surface area contributed by atoms with E-state index in [1.807, 2.05) is 31.2 Å². The Morgan fingerprint density at radius 1 is 1.21 bits per heavy atom. The van der Waals surface area contributed by atoms with Crippen LogP contribution >= 0.6 is 23.4 Å². The van der Waals surface area contributed by atoms with Crippen molar-refractivity contribution in [2.75, 3.05) is 0 Å². The molecule has 126 valence electrons. The first kappa shape index (κ1) is 17.3. The zero-order valence-corrected chi connectivity index (χ0v) is 15.3. The fourth-order valence-corrected chi connectivity index (χ4v) is 4.10. The van der Waals surface area contributed by atoms with E-state index >= 15 is 0 Å². The van der Waals surface area contributed by atoms with E-state index < -0.39 is 10.0 Å². The molecule has 0 aliphatic rings. The standard InChI is InChI=1S/C16H16ClN3O2S2/c1-2-20-15-8-7-13(24(18,21)22)9-14(15)19-16(20)23-10-11-3-5-12(17)6-4-11/h3-9H,2,10H2,1H3,(H2,18,21,22). The summed E-state index contributed by atoms with van der Waals surface area (Å²) in [6.07, 6.45) is 0. The van der Waals surface area contributed by atoms with Gasteiger partial charge in [0.05, 0.1) is 15.9 Å². The maximum atomic E-state index is 11.5. The smallest absolute Gasteiger partial charge is 0.238 e. The Morgan fingerprint density at radius 3 is 2.54 bits per heavy atom.